The van der Waals surface area contributed by atoms with Gasteiger partial charge >= 0.3 is 0 Å². The van der Waals surface area contributed by atoms with Crippen LogP contribution in [-0.2, 0) is 9.53 Å². The van der Waals surface area contributed by atoms with Crippen molar-refractivity contribution in [3.05, 3.63) is 24.9 Å². The summed E-state index contributed by atoms with van der Waals surface area (Å²) in [7, 11) is 3.59. The Balaban J connectivity index is 1.48. The van der Waals surface area contributed by atoms with Gasteiger partial charge in [-0.1, -0.05) is 0 Å². The Labute approximate surface area is 166 Å². The summed E-state index contributed by atoms with van der Waals surface area (Å²) in [5.74, 6) is 1.09. The highest BCUT2D eigenvalue weighted by Crippen LogP contribution is 2.34. The van der Waals surface area contributed by atoms with E-state index in [0.717, 1.165) is 31.0 Å². The van der Waals surface area contributed by atoms with E-state index >= 15 is 0 Å². The number of fused-ring (bicyclic) bond motifs is 1. The number of amides is 1. The van der Waals surface area contributed by atoms with Crippen LogP contribution in [-0.4, -0.2) is 80.7 Å². The molecular weight excluding hydrogens is 356 g/mol. The molecule has 0 bridgehead atoms. The zero-order valence-electron chi connectivity index (χ0n) is 17.2. The summed E-state index contributed by atoms with van der Waals surface area (Å²) in [6, 6.07) is 1.09. The number of imidazole rings is 2. The second kappa shape index (κ2) is 7.67. The highest BCUT2D eigenvalue weighted by atomic mass is 16.5. The van der Waals surface area contributed by atoms with Crippen molar-refractivity contribution in [1.82, 2.24) is 28.9 Å². The monoisotopic (exact) mass is 386 g/mol. The zero-order chi connectivity index (χ0) is 19.8. The minimum atomic E-state index is -0.0190. The lowest BCUT2D eigenvalue weighted by Gasteiger charge is -2.35. The van der Waals surface area contributed by atoms with Crippen LogP contribution in [0, 0.1) is 0 Å². The van der Waals surface area contributed by atoms with E-state index in [1.54, 1.807) is 19.0 Å². The summed E-state index contributed by atoms with van der Waals surface area (Å²) in [5, 5.41) is 0. The Morgan fingerprint density at radius 2 is 2.14 bits per heavy atom. The Hall–Kier alpha value is -2.19. The van der Waals surface area contributed by atoms with Crippen LogP contribution in [0.2, 0.25) is 0 Å². The molecule has 2 aliphatic heterocycles. The molecule has 0 aromatic carbocycles. The maximum Gasteiger partial charge on any atom is 0.224 e. The molecule has 8 nitrogen and oxygen atoms in total. The quantitative estimate of drug-likeness (QED) is 0.784. The lowest BCUT2D eigenvalue weighted by Crippen LogP contribution is -2.47. The van der Waals surface area contributed by atoms with Gasteiger partial charge in [0.1, 0.15) is 5.69 Å². The van der Waals surface area contributed by atoms with E-state index in [4.69, 9.17) is 4.74 Å². The normalized spacial score (nSPS) is 25.2. The van der Waals surface area contributed by atoms with Gasteiger partial charge in [0.05, 0.1) is 31.7 Å². The van der Waals surface area contributed by atoms with Crippen LogP contribution in [0.3, 0.4) is 0 Å². The van der Waals surface area contributed by atoms with Crippen LogP contribution in [0.5, 0.6) is 0 Å². The number of nitrogens with zero attached hydrogens (tertiary/aromatic N) is 6. The summed E-state index contributed by atoms with van der Waals surface area (Å²) < 4.78 is 10.4. The van der Waals surface area contributed by atoms with Crippen LogP contribution in [0.15, 0.2) is 24.9 Å². The highest BCUT2D eigenvalue weighted by molar-refractivity contribution is 5.76. The first-order valence-corrected chi connectivity index (χ1v) is 10.0. The van der Waals surface area contributed by atoms with E-state index in [1.807, 2.05) is 18.7 Å². The number of rotatable bonds is 5. The van der Waals surface area contributed by atoms with Gasteiger partial charge < -0.3 is 18.8 Å². The van der Waals surface area contributed by atoms with Crippen molar-refractivity contribution in [3.63, 3.8) is 0 Å². The average molecular weight is 387 g/mol. The molecule has 2 aliphatic rings. The number of carbonyl (C=O) groups excluding carboxylic acids is 1. The molecule has 0 radical (unpaired) electrons. The van der Waals surface area contributed by atoms with Gasteiger partial charge in [-0.3, -0.25) is 9.69 Å². The van der Waals surface area contributed by atoms with E-state index in [9.17, 15) is 4.79 Å². The second-order valence-corrected chi connectivity index (χ2v) is 8.38. The number of hydrogen-bond donors (Lipinski definition) is 0. The predicted molar refractivity (Wildman–Crippen MR) is 106 cm³/mol. The Kier molecular flexibility index (Phi) is 5.25. The molecule has 2 saturated heterocycles. The predicted octanol–water partition coefficient (Wildman–Crippen LogP) is 1.82. The Morgan fingerprint density at radius 1 is 1.32 bits per heavy atom. The van der Waals surface area contributed by atoms with Crippen LogP contribution in [0.25, 0.3) is 11.5 Å². The van der Waals surface area contributed by atoms with Gasteiger partial charge in [0, 0.05) is 57.7 Å². The molecule has 2 fully saturated rings. The molecule has 1 amide bonds. The van der Waals surface area contributed by atoms with Crippen molar-refractivity contribution >= 4 is 5.91 Å². The molecule has 0 N–H and O–H groups in total. The molecule has 2 aromatic rings. The highest BCUT2D eigenvalue weighted by Gasteiger charge is 2.39. The third kappa shape index (κ3) is 3.58. The third-order valence-corrected chi connectivity index (χ3v) is 5.88. The molecule has 152 valence electrons. The van der Waals surface area contributed by atoms with Gasteiger partial charge in [-0.15, -0.1) is 0 Å². The molecule has 8 heteroatoms. The number of ether oxygens (including phenoxy) is 1. The zero-order valence-corrected chi connectivity index (χ0v) is 17.2. The number of hydrogen-bond acceptors (Lipinski definition) is 5. The average Bonchev–Trinajstić information content (AvgIpc) is 3.38. The van der Waals surface area contributed by atoms with Gasteiger partial charge in [-0.05, 0) is 20.3 Å². The second-order valence-electron chi connectivity index (χ2n) is 8.38. The van der Waals surface area contributed by atoms with Crippen LogP contribution in [0.4, 0.5) is 0 Å². The molecular formula is C20H30N6O2. The van der Waals surface area contributed by atoms with Gasteiger partial charge in [-0.2, -0.15) is 0 Å². The van der Waals surface area contributed by atoms with E-state index in [0.29, 0.717) is 31.2 Å². The number of aromatic nitrogens is 4. The molecule has 0 unspecified atom stereocenters. The maximum absolute atomic E-state index is 12.0. The van der Waals surface area contributed by atoms with Crippen molar-refractivity contribution in [2.75, 3.05) is 33.8 Å². The first-order valence-electron chi connectivity index (χ1n) is 10.0. The lowest BCUT2D eigenvalue weighted by atomic mass is 10.1. The first kappa shape index (κ1) is 19.1. The fourth-order valence-corrected chi connectivity index (χ4v) is 4.31. The van der Waals surface area contributed by atoms with Gasteiger partial charge in [0.2, 0.25) is 5.91 Å². The van der Waals surface area contributed by atoms with Crippen molar-refractivity contribution in [2.24, 2.45) is 0 Å². The fraction of sp³-hybridized carbons (Fsp3) is 0.650. The summed E-state index contributed by atoms with van der Waals surface area (Å²) in [6.07, 6.45) is 9.18. The van der Waals surface area contributed by atoms with Crippen molar-refractivity contribution in [1.29, 1.82) is 0 Å². The maximum atomic E-state index is 12.0. The van der Waals surface area contributed by atoms with E-state index in [2.05, 4.69) is 44.0 Å². The molecule has 0 spiro atoms. The van der Waals surface area contributed by atoms with E-state index < -0.39 is 0 Å². The minimum Gasteiger partial charge on any atom is -0.375 e. The van der Waals surface area contributed by atoms with Crippen LogP contribution >= 0.6 is 0 Å². The molecule has 0 aliphatic carbocycles. The number of carbonyl (C=O) groups is 1. The number of morpholine rings is 1. The summed E-state index contributed by atoms with van der Waals surface area (Å²) in [6.45, 7) is 6.77. The molecule has 2 aromatic heterocycles. The molecule has 4 rings (SSSR count). The van der Waals surface area contributed by atoms with Crippen LogP contribution in [0.1, 0.15) is 38.8 Å². The Bertz CT molecular complexity index is 826. The fourth-order valence-electron chi connectivity index (χ4n) is 4.31. The van der Waals surface area contributed by atoms with Gasteiger partial charge in [-0.25, -0.2) is 9.97 Å². The molecule has 3 atom stereocenters. The van der Waals surface area contributed by atoms with Gasteiger partial charge in [0.25, 0.3) is 0 Å². The molecule has 4 heterocycles. The molecule has 0 saturated carbocycles. The largest absolute Gasteiger partial charge is 0.375 e. The summed E-state index contributed by atoms with van der Waals surface area (Å²) in [4.78, 5) is 25.1. The van der Waals surface area contributed by atoms with Crippen molar-refractivity contribution in [3.8, 4) is 11.5 Å². The lowest BCUT2D eigenvalue weighted by molar-refractivity contribution is -0.134. The third-order valence-electron chi connectivity index (χ3n) is 5.88. The SMILES string of the molecule is CC(C)n1cncc1-c1nccn1[C@@H]1C[C@H]2CO[C@@H](CC(=O)N(C)C)CN2C1. The van der Waals surface area contributed by atoms with Crippen molar-refractivity contribution in [2.45, 2.75) is 50.9 Å². The minimum absolute atomic E-state index is 0.0190. The summed E-state index contributed by atoms with van der Waals surface area (Å²) in [5.41, 5.74) is 1.05. The first-order chi connectivity index (χ1) is 13.4. The smallest absolute Gasteiger partial charge is 0.224 e. The topological polar surface area (TPSA) is 68.4 Å². The Morgan fingerprint density at radius 3 is 2.89 bits per heavy atom. The summed E-state index contributed by atoms with van der Waals surface area (Å²) >= 11 is 0. The van der Waals surface area contributed by atoms with Gasteiger partial charge in [0.15, 0.2) is 5.82 Å². The van der Waals surface area contributed by atoms with E-state index in [1.165, 1.54) is 0 Å². The van der Waals surface area contributed by atoms with Crippen molar-refractivity contribution < 1.29 is 9.53 Å². The molecule has 28 heavy (non-hydrogen) atoms. The van der Waals surface area contributed by atoms with Crippen LogP contribution < -0.4 is 0 Å². The van der Waals surface area contributed by atoms with E-state index in [-0.39, 0.29) is 12.0 Å². The standard InChI is InChI=1S/C20H30N6O2/c1-14(2)26-13-21-9-18(26)20-22-5-6-25(20)15-7-16-12-28-17(11-24(16)10-15)8-19(27)23(3)4/h5-6,9,13-17H,7-8,10-12H2,1-4H3/t15-,16+,17+/m1/s1.